The van der Waals surface area contributed by atoms with E-state index in [1.165, 1.54) is 30.3 Å². The maximum atomic E-state index is 13.4. The Balaban J connectivity index is 1.50. The van der Waals surface area contributed by atoms with Crippen LogP contribution in [0.5, 0.6) is 0 Å². The number of amides is 1. The van der Waals surface area contributed by atoms with Crippen molar-refractivity contribution in [3.05, 3.63) is 66.0 Å². The first-order chi connectivity index (χ1) is 16.7. The molecule has 0 aliphatic heterocycles. The topological polar surface area (TPSA) is 60.2 Å². The summed E-state index contributed by atoms with van der Waals surface area (Å²) in [4.78, 5) is 15.4. The summed E-state index contributed by atoms with van der Waals surface area (Å²) in [5, 5.41) is 9.50. The Bertz CT molecular complexity index is 1050. The van der Waals surface area contributed by atoms with Crippen LogP contribution in [-0.2, 0) is 22.6 Å². The number of hydrogen-bond acceptors (Lipinski definition) is 5. The average molecular weight is 483 g/mol. The van der Waals surface area contributed by atoms with Crippen molar-refractivity contribution in [3.63, 3.8) is 0 Å². The van der Waals surface area contributed by atoms with E-state index < -0.39 is 0 Å². The SMILES string of the molecule is COCCn1c(SCC(=O)N(Cc2ccc(F)cc2)C2CCCCC2)nnc1-c1ccccc1. The molecule has 3 aromatic rings. The van der Waals surface area contributed by atoms with Gasteiger partial charge in [-0.15, -0.1) is 10.2 Å². The second kappa shape index (κ2) is 12.1. The van der Waals surface area contributed by atoms with Crippen molar-refractivity contribution in [1.29, 1.82) is 0 Å². The second-order valence-corrected chi connectivity index (χ2v) is 9.49. The normalized spacial score (nSPS) is 14.3. The standard InChI is InChI=1S/C26H31FN4O2S/c1-33-17-16-30-25(21-8-4-2-5-9-21)28-29-26(30)34-19-24(32)31(23-10-6-3-7-11-23)18-20-12-14-22(27)15-13-20/h2,4-5,8-9,12-15,23H,3,6-7,10-11,16-19H2,1H3. The molecule has 1 aromatic heterocycles. The minimum Gasteiger partial charge on any atom is -0.383 e. The highest BCUT2D eigenvalue weighted by Gasteiger charge is 2.26. The van der Waals surface area contributed by atoms with Crippen molar-refractivity contribution in [3.8, 4) is 11.4 Å². The van der Waals surface area contributed by atoms with E-state index in [0.29, 0.717) is 24.9 Å². The van der Waals surface area contributed by atoms with Crippen LogP contribution in [0.25, 0.3) is 11.4 Å². The fourth-order valence-electron chi connectivity index (χ4n) is 4.39. The minimum absolute atomic E-state index is 0.0729. The molecule has 1 fully saturated rings. The van der Waals surface area contributed by atoms with E-state index in [-0.39, 0.29) is 23.5 Å². The Labute approximate surface area is 204 Å². The maximum absolute atomic E-state index is 13.4. The van der Waals surface area contributed by atoms with Gasteiger partial charge in [0.2, 0.25) is 5.91 Å². The predicted molar refractivity (Wildman–Crippen MR) is 132 cm³/mol. The van der Waals surface area contributed by atoms with Gasteiger partial charge < -0.3 is 9.64 Å². The maximum Gasteiger partial charge on any atom is 0.233 e. The molecule has 0 spiro atoms. The lowest BCUT2D eigenvalue weighted by molar-refractivity contribution is -0.132. The van der Waals surface area contributed by atoms with Crippen LogP contribution in [0.1, 0.15) is 37.7 Å². The van der Waals surface area contributed by atoms with Crippen LogP contribution in [0.2, 0.25) is 0 Å². The molecule has 1 aliphatic rings. The van der Waals surface area contributed by atoms with Gasteiger partial charge in [-0.05, 0) is 30.5 Å². The van der Waals surface area contributed by atoms with Crippen molar-refractivity contribution in [2.75, 3.05) is 19.5 Å². The fourth-order valence-corrected chi connectivity index (χ4v) is 5.24. The van der Waals surface area contributed by atoms with E-state index >= 15 is 0 Å². The lowest BCUT2D eigenvalue weighted by Crippen LogP contribution is -2.42. The van der Waals surface area contributed by atoms with E-state index in [1.54, 1.807) is 19.2 Å². The van der Waals surface area contributed by atoms with Gasteiger partial charge in [0.05, 0.1) is 18.9 Å². The Kier molecular flexibility index (Phi) is 8.71. The molecule has 6 nitrogen and oxygen atoms in total. The molecule has 0 N–H and O–H groups in total. The number of methoxy groups -OCH3 is 1. The van der Waals surface area contributed by atoms with Crippen molar-refractivity contribution >= 4 is 17.7 Å². The van der Waals surface area contributed by atoms with E-state index in [4.69, 9.17) is 4.74 Å². The first-order valence-electron chi connectivity index (χ1n) is 11.8. The number of carbonyl (C=O) groups is 1. The van der Waals surface area contributed by atoms with Gasteiger partial charge in [-0.1, -0.05) is 73.5 Å². The number of hydrogen-bond donors (Lipinski definition) is 0. The van der Waals surface area contributed by atoms with E-state index in [1.807, 2.05) is 39.8 Å². The Hall–Kier alpha value is -2.71. The summed E-state index contributed by atoms with van der Waals surface area (Å²) < 4.78 is 20.7. The first kappa shape index (κ1) is 24.4. The lowest BCUT2D eigenvalue weighted by Gasteiger charge is -2.34. The lowest BCUT2D eigenvalue weighted by atomic mass is 9.94. The van der Waals surface area contributed by atoms with E-state index in [2.05, 4.69) is 10.2 Å². The van der Waals surface area contributed by atoms with Crippen LogP contribution in [-0.4, -0.2) is 51.1 Å². The molecule has 0 atom stereocenters. The van der Waals surface area contributed by atoms with E-state index in [9.17, 15) is 9.18 Å². The number of ether oxygens (including phenoxy) is 1. The zero-order chi connectivity index (χ0) is 23.8. The highest BCUT2D eigenvalue weighted by Crippen LogP contribution is 2.27. The van der Waals surface area contributed by atoms with Gasteiger partial charge >= 0.3 is 0 Å². The largest absolute Gasteiger partial charge is 0.383 e. The molecule has 4 rings (SSSR count). The summed E-state index contributed by atoms with van der Waals surface area (Å²) in [7, 11) is 1.67. The molecule has 0 bridgehead atoms. The van der Waals surface area contributed by atoms with Crippen LogP contribution in [0.4, 0.5) is 4.39 Å². The van der Waals surface area contributed by atoms with Crippen LogP contribution < -0.4 is 0 Å². The van der Waals surface area contributed by atoms with Gasteiger partial charge in [-0.25, -0.2) is 4.39 Å². The van der Waals surface area contributed by atoms with Gasteiger partial charge in [0, 0.05) is 25.3 Å². The van der Waals surface area contributed by atoms with Crippen LogP contribution in [0, 0.1) is 5.82 Å². The number of nitrogens with zero attached hydrogens (tertiary/aromatic N) is 4. The van der Waals surface area contributed by atoms with Gasteiger partial charge in [0.15, 0.2) is 11.0 Å². The molecular weight excluding hydrogens is 451 g/mol. The third-order valence-electron chi connectivity index (χ3n) is 6.19. The number of thioether (sulfide) groups is 1. The first-order valence-corrected chi connectivity index (χ1v) is 12.8. The summed E-state index contributed by atoms with van der Waals surface area (Å²) in [5.74, 6) is 0.851. The van der Waals surface area contributed by atoms with Gasteiger partial charge in [0.1, 0.15) is 5.82 Å². The number of carbonyl (C=O) groups excluding carboxylic acids is 1. The number of rotatable bonds is 10. The van der Waals surface area contributed by atoms with Crippen LogP contribution in [0.15, 0.2) is 59.8 Å². The van der Waals surface area contributed by atoms with Crippen molar-refractivity contribution < 1.29 is 13.9 Å². The number of halogens is 1. The molecule has 1 aliphatic carbocycles. The summed E-state index contributed by atoms with van der Waals surface area (Å²) >= 11 is 1.41. The van der Waals surface area contributed by atoms with Crippen molar-refractivity contribution in [2.24, 2.45) is 0 Å². The second-order valence-electron chi connectivity index (χ2n) is 8.55. The van der Waals surface area contributed by atoms with Gasteiger partial charge in [0.25, 0.3) is 0 Å². The summed E-state index contributed by atoms with van der Waals surface area (Å²) in [6, 6.07) is 16.6. The zero-order valence-corrected chi connectivity index (χ0v) is 20.3. The Morgan fingerprint density at radius 3 is 2.53 bits per heavy atom. The molecule has 1 heterocycles. The predicted octanol–water partition coefficient (Wildman–Crippen LogP) is 5.18. The third kappa shape index (κ3) is 6.24. The third-order valence-corrected chi connectivity index (χ3v) is 7.15. The monoisotopic (exact) mass is 482 g/mol. The smallest absolute Gasteiger partial charge is 0.233 e. The summed E-state index contributed by atoms with van der Waals surface area (Å²) in [6.45, 7) is 1.63. The molecule has 1 saturated carbocycles. The zero-order valence-electron chi connectivity index (χ0n) is 19.5. The van der Waals surface area contributed by atoms with Crippen LogP contribution in [0.3, 0.4) is 0 Å². The molecule has 8 heteroatoms. The molecule has 2 aromatic carbocycles. The number of benzene rings is 2. The van der Waals surface area contributed by atoms with Gasteiger partial charge in [-0.3, -0.25) is 9.36 Å². The molecule has 0 radical (unpaired) electrons. The number of aromatic nitrogens is 3. The molecule has 1 amide bonds. The highest BCUT2D eigenvalue weighted by atomic mass is 32.2. The van der Waals surface area contributed by atoms with E-state index in [0.717, 1.165) is 42.6 Å². The fraction of sp³-hybridized carbons (Fsp3) is 0.423. The van der Waals surface area contributed by atoms with Crippen LogP contribution >= 0.6 is 11.8 Å². The molecule has 0 saturated heterocycles. The summed E-state index contributed by atoms with van der Waals surface area (Å²) in [5.41, 5.74) is 1.92. The Morgan fingerprint density at radius 2 is 1.82 bits per heavy atom. The molecule has 180 valence electrons. The summed E-state index contributed by atoms with van der Waals surface area (Å²) in [6.07, 6.45) is 5.52. The van der Waals surface area contributed by atoms with Crippen molar-refractivity contribution in [1.82, 2.24) is 19.7 Å². The molecule has 34 heavy (non-hydrogen) atoms. The Morgan fingerprint density at radius 1 is 1.09 bits per heavy atom. The quantitative estimate of drug-likeness (QED) is 0.373. The van der Waals surface area contributed by atoms with Gasteiger partial charge in [-0.2, -0.15) is 0 Å². The molecular formula is C26H31FN4O2S. The van der Waals surface area contributed by atoms with Crippen molar-refractivity contribution in [2.45, 2.75) is 56.4 Å². The minimum atomic E-state index is -0.264. The molecule has 0 unspecified atom stereocenters. The average Bonchev–Trinajstić information content (AvgIpc) is 3.29. The highest BCUT2D eigenvalue weighted by molar-refractivity contribution is 7.99.